The average molecular weight is 293 g/mol. The number of carboxylic acids is 1. The summed E-state index contributed by atoms with van der Waals surface area (Å²) >= 11 is 0. The number of aryl methyl sites for hydroxylation is 1. The number of carbonyl (C=O) groups is 2. The Bertz CT molecular complexity index is 531. The molecule has 21 heavy (non-hydrogen) atoms. The number of amides is 1. The summed E-state index contributed by atoms with van der Waals surface area (Å²) in [5, 5.41) is 18.6. The number of hydrogen-bond donors (Lipinski definition) is 2. The van der Waals surface area contributed by atoms with Crippen LogP contribution in [0.1, 0.15) is 18.4 Å². The summed E-state index contributed by atoms with van der Waals surface area (Å²) in [6, 6.07) is 6.54. The molecule has 1 aliphatic heterocycles. The zero-order valence-electron chi connectivity index (χ0n) is 11.9. The normalized spacial score (nSPS) is 21.3. The molecule has 114 valence electrons. The summed E-state index contributed by atoms with van der Waals surface area (Å²) in [6.07, 6.45) is -0.600. The number of aliphatic hydroxyl groups is 1. The summed E-state index contributed by atoms with van der Waals surface area (Å²) in [5.74, 6) is -0.686. The van der Waals surface area contributed by atoms with E-state index in [4.69, 9.17) is 9.84 Å². The Balaban J connectivity index is 1.87. The number of hydrogen-bond acceptors (Lipinski definition) is 4. The molecule has 1 saturated heterocycles. The van der Waals surface area contributed by atoms with Gasteiger partial charge in [-0.1, -0.05) is 18.2 Å². The first kappa shape index (κ1) is 15.3. The summed E-state index contributed by atoms with van der Waals surface area (Å²) in [4.78, 5) is 24.3. The largest absolute Gasteiger partial charge is 0.493 e. The first-order valence-corrected chi connectivity index (χ1v) is 6.88. The summed E-state index contributed by atoms with van der Waals surface area (Å²) in [7, 11) is 0. The standard InChI is InChI=1S/C15H19NO5/c1-10-4-2-3-5-13(10)21-7-6-14(18)16-9-11(17)8-12(16)15(19)20/h2-5,11-12,17H,6-9H2,1H3,(H,19,20)/t11?,12-/m0/s1. The highest BCUT2D eigenvalue weighted by molar-refractivity contribution is 5.84. The number of carbonyl (C=O) groups excluding carboxylic acids is 1. The second-order valence-electron chi connectivity index (χ2n) is 5.15. The Kier molecular flexibility index (Phi) is 4.80. The molecule has 0 bridgehead atoms. The fourth-order valence-corrected chi connectivity index (χ4v) is 2.43. The first-order valence-electron chi connectivity index (χ1n) is 6.88. The van der Waals surface area contributed by atoms with Crippen LogP contribution >= 0.6 is 0 Å². The van der Waals surface area contributed by atoms with Gasteiger partial charge < -0.3 is 19.8 Å². The lowest BCUT2D eigenvalue weighted by Crippen LogP contribution is -2.41. The molecular formula is C15H19NO5. The van der Waals surface area contributed by atoms with Crippen molar-refractivity contribution >= 4 is 11.9 Å². The third-order valence-electron chi connectivity index (χ3n) is 3.55. The van der Waals surface area contributed by atoms with Crippen LogP contribution in [0.2, 0.25) is 0 Å². The van der Waals surface area contributed by atoms with Crippen LogP contribution in [0.15, 0.2) is 24.3 Å². The molecule has 1 aromatic rings. The van der Waals surface area contributed by atoms with E-state index in [1.165, 1.54) is 4.90 Å². The molecule has 1 aliphatic rings. The number of nitrogens with zero attached hydrogens (tertiary/aromatic N) is 1. The van der Waals surface area contributed by atoms with Crippen LogP contribution in [0.25, 0.3) is 0 Å². The van der Waals surface area contributed by atoms with Gasteiger partial charge in [0.15, 0.2) is 0 Å². The van der Waals surface area contributed by atoms with Crippen molar-refractivity contribution in [3.8, 4) is 5.75 Å². The lowest BCUT2D eigenvalue weighted by atomic mass is 10.2. The molecule has 1 unspecified atom stereocenters. The fourth-order valence-electron chi connectivity index (χ4n) is 2.43. The van der Waals surface area contributed by atoms with Gasteiger partial charge in [0.05, 0.1) is 19.1 Å². The molecule has 1 heterocycles. The number of aliphatic hydroxyl groups excluding tert-OH is 1. The van der Waals surface area contributed by atoms with E-state index in [0.29, 0.717) is 5.75 Å². The maximum Gasteiger partial charge on any atom is 0.326 e. The van der Waals surface area contributed by atoms with Gasteiger partial charge in [0.1, 0.15) is 11.8 Å². The molecule has 0 saturated carbocycles. The van der Waals surface area contributed by atoms with Crippen molar-refractivity contribution in [2.45, 2.75) is 31.9 Å². The predicted octanol–water partition coefficient (Wildman–Crippen LogP) is 0.810. The number of carboxylic acid groups (broad SMARTS) is 1. The number of ether oxygens (including phenoxy) is 1. The molecule has 0 spiro atoms. The van der Waals surface area contributed by atoms with Gasteiger partial charge in [0, 0.05) is 13.0 Å². The van der Waals surface area contributed by atoms with Crippen molar-refractivity contribution in [3.05, 3.63) is 29.8 Å². The van der Waals surface area contributed by atoms with Crippen LogP contribution in [0.3, 0.4) is 0 Å². The van der Waals surface area contributed by atoms with Crippen molar-refractivity contribution in [1.82, 2.24) is 4.90 Å². The van der Waals surface area contributed by atoms with E-state index in [1.54, 1.807) is 0 Å². The topological polar surface area (TPSA) is 87.1 Å². The van der Waals surface area contributed by atoms with E-state index in [9.17, 15) is 14.7 Å². The molecule has 0 aromatic heterocycles. The minimum atomic E-state index is -1.08. The molecule has 2 atom stereocenters. The molecule has 6 heteroatoms. The Morgan fingerprint density at radius 2 is 2.10 bits per heavy atom. The monoisotopic (exact) mass is 293 g/mol. The van der Waals surface area contributed by atoms with Gasteiger partial charge in [-0.05, 0) is 18.6 Å². The van der Waals surface area contributed by atoms with E-state index >= 15 is 0 Å². The number of benzene rings is 1. The fraction of sp³-hybridized carbons (Fsp3) is 0.467. The quantitative estimate of drug-likeness (QED) is 0.839. The lowest BCUT2D eigenvalue weighted by molar-refractivity contribution is -0.148. The van der Waals surface area contributed by atoms with Crippen LogP contribution < -0.4 is 4.74 Å². The van der Waals surface area contributed by atoms with Crippen LogP contribution in [-0.4, -0.2) is 52.3 Å². The van der Waals surface area contributed by atoms with Gasteiger partial charge in [0.2, 0.25) is 5.91 Å². The van der Waals surface area contributed by atoms with Crippen LogP contribution in [0.4, 0.5) is 0 Å². The van der Waals surface area contributed by atoms with E-state index in [0.717, 1.165) is 5.56 Å². The summed E-state index contributed by atoms with van der Waals surface area (Å²) < 4.78 is 5.53. The van der Waals surface area contributed by atoms with Gasteiger partial charge in [0.25, 0.3) is 0 Å². The minimum Gasteiger partial charge on any atom is -0.493 e. The molecule has 1 amide bonds. The highest BCUT2D eigenvalue weighted by Crippen LogP contribution is 2.20. The third-order valence-corrected chi connectivity index (χ3v) is 3.55. The Morgan fingerprint density at radius 1 is 1.38 bits per heavy atom. The van der Waals surface area contributed by atoms with Crippen LogP contribution in [0.5, 0.6) is 5.75 Å². The highest BCUT2D eigenvalue weighted by Gasteiger charge is 2.38. The third kappa shape index (κ3) is 3.72. The van der Waals surface area contributed by atoms with E-state index in [1.807, 2.05) is 31.2 Å². The van der Waals surface area contributed by atoms with Crippen molar-refractivity contribution in [2.75, 3.05) is 13.2 Å². The maximum absolute atomic E-state index is 12.1. The van der Waals surface area contributed by atoms with Crippen LogP contribution in [0, 0.1) is 6.92 Å². The molecule has 2 N–H and O–H groups in total. The average Bonchev–Trinajstić information content (AvgIpc) is 2.83. The Morgan fingerprint density at radius 3 is 2.76 bits per heavy atom. The highest BCUT2D eigenvalue weighted by atomic mass is 16.5. The Hall–Kier alpha value is -2.08. The molecular weight excluding hydrogens is 274 g/mol. The number of aliphatic carboxylic acids is 1. The summed E-state index contributed by atoms with van der Waals surface area (Å²) in [6.45, 7) is 2.16. The van der Waals surface area contributed by atoms with E-state index < -0.39 is 18.1 Å². The molecule has 0 aliphatic carbocycles. The maximum atomic E-state index is 12.1. The smallest absolute Gasteiger partial charge is 0.326 e. The van der Waals surface area contributed by atoms with Gasteiger partial charge in [-0.15, -0.1) is 0 Å². The number of rotatable bonds is 5. The zero-order valence-corrected chi connectivity index (χ0v) is 11.9. The molecule has 2 rings (SSSR count). The van der Waals surface area contributed by atoms with E-state index in [-0.39, 0.29) is 31.9 Å². The second kappa shape index (κ2) is 6.58. The first-order chi connectivity index (χ1) is 9.99. The van der Waals surface area contributed by atoms with Gasteiger partial charge >= 0.3 is 5.97 Å². The van der Waals surface area contributed by atoms with E-state index in [2.05, 4.69) is 0 Å². The van der Waals surface area contributed by atoms with Crippen molar-refractivity contribution < 1.29 is 24.5 Å². The van der Waals surface area contributed by atoms with Gasteiger partial charge in [-0.2, -0.15) is 0 Å². The molecule has 1 fully saturated rings. The number of para-hydroxylation sites is 1. The number of β-amino-alcohol motifs (C(OH)–C–C–N with tert-alkyl or cyclic N) is 1. The van der Waals surface area contributed by atoms with Crippen molar-refractivity contribution in [2.24, 2.45) is 0 Å². The lowest BCUT2D eigenvalue weighted by Gasteiger charge is -2.21. The van der Waals surface area contributed by atoms with Crippen molar-refractivity contribution in [1.29, 1.82) is 0 Å². The zero-order chi connectivity index (χ0) is 15.4. The summed E-state index contributed by atoms with van der Waals surface area (Å²) in [5.41, 5.74) is 0.977. The number of likely N-dealkylation sites (tertiary alicyclic amines) is 1. The second-order valence-corrected chi connectivity index (χ2v) is 5.15. The van der Waals surface area contributed by atoms with Gasteiger partial charge in [-0.25, -0.2) is 4.79 Å². The minimum absolute atomic E-state index is 0.0696. The molecule has 0 radical (unpaired) electrons. The van der Waals surface area contributed by atoms with Crippen molar-refractivity contribution in [3.63, 3.8) is 0 Å². The van der Waals surface area contributed by atoms with Crippen LogP contribution in [-0.2, 0) is 9.59 Å². The van der Waals surface area contributed by atoms with Gasteiger partial charge in [-0.3, -0.25) is 4.79 Å². The molecule has 6 nitrogen and oxygen atoms in total. The Labute approximate surface area is 122 Å². The predicted molar refractivity (Wildman–Crippen MR) is 75.1 cm³/mol. The SMILES string of the molecule is Cc1ccccc1OCCC(=O)N1CC(O)C[C@H]1C(=O)O. The molecule has 1 aromatic carbocycles.